The summed E-state index contributed by atoms with van der Waals surface area (Å²) >= 11 is 0. The molecule has 0 aliphatic rings. The van der Waals surface area contributed by atoms with E-state index in [1.54, 1.807) is 6.20 Å². The smallest absolute Gasteiger partial charge is 0.319 e. The fourth-order valence-corrected chi connectivity index (χ4v) is 1.27. The van der Waals surface area contributed by atoms with E-state index in [0.29, 0.717) is 18.7 Å². The van der Waals surface area contributed by atoms with Gasteiger partial charge in [0, 0.05) is 19.2 Å². The highest BCUT2D eigenvalue weighted by molar-refractivity contribution is 5.88. The maximum atomic E-state index is 11.3. The van der Waals surface area contributed by atoms with E-state index >= 15 is 0 Å². The van der Waals surface area contributed by atoms with Crippen LogP contribution in [0.3, 0.4) is 0 Å². The summed E-state index contributed by atoms with van der Waals surface area (Å²) in [4.78, 5) is 21.5. The molecule has 7 heteroatoms. The predicted octanol–water partition coefficient (Wildman–Crippen LogP) is 1.18. The average Bonchev–Trinajstić information content (AvgIpc) is 2.75. The van der Waals surface area contributed by atoms with Crippen LogP contribution >= 0.6 is 0 Å². The summed E-state index contributed by atoms with van der Waals surface area (Å²) in [7, 11) is 0. The van der Waals surface area contributed by atoms with E-state index in [9.17, 15) is 9.59 Å². The van der Waals surface area contributed by atoms with E-state index in [4.69, 9.17) is 5.11 Å². The van der Waals surface area contributed by atoms with E-state index in [1.807, 2.05) is 0 Å². The highest BCUT2D eigenvalue weighted by atomic mass is 16.4. The SMILES string of the molecule is O=C(O)CCCCCNC(=O)Nc1cn[nH]c1. The van der Waals surface area contributed by atoms with Crippen LogP contribution in [-0.2, 0) is 4.79 Å². The van der Waals surface area contributed by atoms with Crippen molar-refractivity contribution in [2.75, 3.05) is 11.9 Å². The number of carboxylic acids is 1. The maximum absolute atomic E-state index is 11.3. The zero-order chi connectivity index (χ0) is 12.5. The fraction of sp³-hybridized carbons (Fsp3) is 0.500. The fourth-order valence-electron chi connectivity index (χ4n) is 1.27. The van der Waals surface area contributed by atoms with Crippen molar-refractivity contribution in [1.82, 2.24) is 15.5 Å². The van der Waals surface area contributed by atoms with Crippen LogP contribution in [0.5, 0.6) is 0 Å². The molecule has 0 aliphatic carbocycles. The Labute approximate surface area is 98.6 Å². The lowest BCUT2D eigenvalue weighted by atomic mass is 10.2. The van der Waals surface area contributed by atoms with Crippen molar-refractivity contribution in [2.24, 2.45) is 0 Å². The molecule has 0 atom stereocenters. The molecule has 94 valence electrons. The second kappa shape index (κ2) is 7.26. The molecule has 7 nitrogen and oxygen atoms in total. The molecule has 0 fully saturated rings. The third kappa shape index (κ3) is 6.18. The normalized spacial score (nSPS) is 9.88. The van der Waals surface area contributed by atoms with Gasteiger partial charge in [-0.3, -0.25) is 9.89 Å². The first-order valence-corrected chi connectivity index (χ1v) is 5.44. The van der Waals surface area contributed by atoms with Crippen molar-refractivity contribution in [1.29, 1.82) is 0 Å². The van der Waals surface area contributed by atoms with Gasteiger partial charge in [-0.15, -0.1) is 0 Å². The van der Waals surface area contributed by atoms with Crippen LogP contribution in [0.2, 0.25) is 0 Å². The molecule has 2 amide bonds. The Morgan fingerprint density at radius 2 is 2.18 bits per heavy atom. The second-order valence-corrected chi connectivity index (χ2v) is 3.57. The Hall–Kier alpha value is -2.05. The molecule has 1 aromatic rings. The number of urea groups is 1. The number of amides is 2. The van der Waals surface area contributed by atoms with Crippen LogP contribution in [0.25, 0.3) is 0 Å². The van der Waals surface area contributed by atoms with Gasteiger partial charge in [0.25, 0.3) is 0 Å². The Kier molecular flexibility index (Phi) is 5.56. The van der Waals surface area contributed by atoms with Gasteiger partial charge in [0.2, 0.25) is 0 Å². The van der Waals surface area contributed by atoms with E-state index < -0.39 is 5.97 Å². The first kappa shape index (κ1) is 13.0. The van der Waals surface area contributed by atoms with Crippen molar-refractivity contribution in [3.05, 3.63) is 12.4 Å². The first-order chi connectivity index (χ1) is 8.18. The van der Waals surface area contributed by atoms with Gasteiger partial charge in [-0.1, -0.05) is 6.42 Å². The molecule has 1 rings (SSSR count). The molecule has 4 N–H and O–H groups in total. The van der Waals surface area contributed by atoms with Gasteiger partial charge >= 0.3 is 12.0 Å². The molecular formula is C10H16N4O3. The van der Waals surface area contributed by atoms with Gasteiger partial charge in [0.05, 0.1) is 11.9 Å². The van der Waals surface area contributed by atoms with Crippen LogP contribution < -0.4 is 10.6 Å². The zero-order valence-electron chi connectivity index (χ0n) is 9.40. The van der Waals surface area contributed by atoms with E-state index in [2.05, 4.69) is 20.8 Å². The summed E-state index contributed by atoms with van der Waals surface area (Å²) < 4.78 is 0. The van der Waals surface area contributed by atoms with Crippen molar-refractivity contribution in [3.63, 3.8) is 0 Å². The number of anilines is 1. The number of aromatic nitrogens is 2. The molecule has 0 saturated heterocycles. The molecule has 0 spiro atoms. The van der Waals surface area contributed by atoms with Crippen molar-refractivity contribution < 1.29 is 14.7 Å². The van der Waals surface area contributed by atoms with Gasteiger partial charge in [0.1, 0.15) is 0 Å². The quantitative estimate of drug-likeness (QED) is 0.537. The Morgan fingerprint density at radius 3 is 2.82 bits per heavy atom. The van der Waals surface area contributed by atoms with Gasteiger partial charge in [-0.05, 0) is 12.8 Å². The number of H-pyrrole nitrogens is 1. The highest BCUT2D eigenvalue weighted by Gasteiger charge is 2.01. The van der Waals surface area contributed by atoms with Gasteiger partial charge < -0.3 is 15.7 Å². The summed E-state index contributed by atoms with van der Waals surface area (Å²) in [5.74, 6) is -0.782. The van der Waals surface area contributed by atoms with E-state index in [-0.39, 0.29) is 12.5 Å². The lowest BCUT2D eigenvalue weighted by Gasteiger charge is -2.05. The van der Waals surface area contributed by atoms with E-state index in [1.165, 1.54) is 6.20 Å². The van der Waals surface area contributed by atoms with Crippen LogP contribution in [0, 0.1) is 0 Å². The summed E-state index contributed by atoms with van der Waals surface area (Å²) in [6, 6.07) is -0.287. The highest BCUT2D eigenvalue weighted by Crippen LogP contribution is 2.01. The summed E-state index contributed by atoms with van der Waals surface area (Å²) in [6.07, 6.45) is 5.46. The third-order valence-corrected chi connectivity index (χ3v) is 2.11. The summed E-state index contributed by atoms with van der Waals surface area (Å²) in [5, 5.41) is 19.9. The molecule has 0 radical (unpaired) electrons. The van der Waals surface area contributed by atoms with Crippen molar-refractivity contribution >= 4 is 17.7 Å². The second-order valence-electron chi connectivity index (χ2n) is 3.57. The molecule has 0 aliphatic heterocycles. The minimum Gasteiger partial charge on any atom is -0.481 e. The summed E-state index contributed by atoms with van der Waals surface area (Å²) in [5.41, 5.74) is 0.605. The molecule has 1 aromatic heterocycles. The number of nitrogens with one attached hydrogen (secondary N) is 3. The van der Waals surface area contributed by atoms with Gasteiger partial charge in [-0.2, -0.15) is 5.10 Å². The number of aliphatic carboxylic acids is 1. The molecule has 17 heavy (non-hydrogen) atoms. The standard InChI is InChI=1S/C10H16N4O3/c15-9(16)4-2-1-3-5-11-10(17)14-8-6-12-13-7-8/h6-7H,1-5H2,(H,12,13)(H,15,16)(H2,11,14,17). The average molecular weight is 240 g/mol. The third-order valence-electron chi connectivity index (χ3n) is 2.11. The number of carbonyl (C=O) groups excluding carboxylic acids is 1. The van der Waals surface area contributed by atoms with Crippen LogP contribution in [0.15, 0.2) is 12.4 Å². The van der Waals surface area contributed by atoms with Crippen LogP contribution in [0.4, 0.5) is 10.5 Å². The number of hydrogen-bond acceptors (Lipinski definition) is 3. The van der Waals surface area contributed by atoms with Gasteiger partial charge in [-0.25, -0.2) is 4.79 Å². The van der Waals surface area contributed by atoms with Crippen LogP contribution in [-0.4, -0.2) is 33.8 Å². The number of hydrogen-bond donors (Lipinski definition) is 4. The monoisotopic (exact) mass is 240 g/mol. The molecular weight excluding hydrogens is 224 g/mol. The molecule has 1 heterocycles. The Morgan fingerprint density at radius 1 is 1.35 bits per heavy atom. The first-order valence-electron chi connectivity index (χ1n) is 5.44. The lowest BCUT2D eigenvalue weighted by molar-refractivity contribution is -0.137. The Bertz CT molecular complexity index is 350. The number of nitrogens with zero attached hydrogens (tertiary/aromatic N) is 1. The molecule has 0 saturated carbocycles. The number of aromatic amines is 1. The minimum absolute atomic E-state index is 0.182. The largest absolute Gasteiger partial charge is 0.481 e. The number of rotatable bonds is 7. The van der Waals surface area contributed by atoms with Crippen molar-refractivity contribution in [2.45, 2.75) is 25.7 Å². The number of unbranched alkanes of at least 4 members (excludes halogenated alkanes) is 2. The summed E-state index contributed by atoms with van der Waals surface area (Å²) in [6.45, 7) is 0.531. The maximum Gasteiger partial charge on any atom is 0.319 e. The minimum atomic E-state index is -0.782. The zero-order valence-corrected chi connectivity index (χ0v) is 9.40. The Balaban J connectivity index is 1.99. The van der Waals surface area contributed by atoms with Crippen molar-refractivity contribution in [3.8, 4) is 0 Å². The lowest BCUT2D eigenvalue weighted by Crippen LogP contribution is -2.29. The number of carbonyl (C=O) groups is 2. The number of carboxylic acid groups (broad SMARTS) is 1. The molecule has 0 bridgehead atoms. The van der Waals surface area contributed by atoms with Gasteiger partial charge in [0.15, 0.2) is 0 Å². The van der Waals surface area contributed by atoms with E-state index in [0.717, 1.165) is 12.8 Å². The molecule has 0 aromatic carbocycles. The van der Waals surface area contributed by atoms with Crippen LogP contribution in [0.1, 0.15) is 25.7 Å². The topological polar surface area (TPSA) is 107 Å². The predicted molar refractivity (Wildman–Crippen MR) is 61.7 cm³/mol. The molecule has 0 unspecified atom stereocenters.